The Kier molecular flexibility index (Phi) is 5.41. The Bertz CT molecular complexity index is 867. The van der Waals surface area contributed by atoms with E-state index in [0.29, 0.717) is 42.3 Å². The molecule has 0 fully saturated rings. The lowest BCUT2D eigenvalue weighted by molar-refractivity contribution is -0.116. The first-order chi connectivity index (χ1) is 12.5. The van der Waals surface area contributed by atoms with E-state index in [-0.39, 0.29) is 17.2 Å². The molecule has 3 rings (SSSR count). The van der Waals surface area contributed by atoms with Crippen LogP contribution in [0.15, 0.2) is 34.9 Å². The first kappa shape index (κ1) is 18.6. The molecule has 0 saturated heterocycles. The van der Waals surface area contributed by atoms with Gasteiger partial charge in [-0.2, -0.15) is 5.26 Å². The third-order valence-electron chi connectivity index (χ3n) is 4.47. The zero-order valence-corrected chi connectivity index (χ0v) is 16.8. The highest BCUT2D eigenvalue weighted by Crippen LogP contribution is 2.46. The Balaban J connectivity index is 2.21. The maximum atomic E-state index is 12.6. The molecule has 7 heteroatoms. The molecule has 1 heterocycles. The van der Waals surface area contributed by atoms with Crippen molar-refractivity contribution < 1.29 is 19.0 Å². The second-order valence-electron chi connectivity index (χ2n) is 6.01. The highest BCUT2D eigenvalue weighted by Gasteiger charge is 2.38. The van der Waals surface area contributed by atoms with Crippen LogP contribution in [0.2, 0.25) is 0 Å². The van der Waals surface area contributed by atoms with Gasteiger partial charge in [-0.15, -0.1) is 0 Å². The van der Waals surface area contributed by atoms with E-state index in [9.17, 15) is 10.1 Å². The van der Waals surface area contributed by atoms with Gasteiger partial charge in [0.15, 0.2) is 17.3 Å². The molecule has 1 aliphatic carbocycles. The van der Waals surface area contributed by atoms with Crippen molar-refractivity contribution in [2.45, 2.75) is 32.1 Å². The van der Waals surface area contributed by atoms with Gasteiger partial charge < -0.3 is 19.9 Å². The van der Waals surface area contributed by atoms with Crippen LogP contribution in [-0.4, -0.2) is 19.5 Å². The van der Waals surface area contributed by atoms with E-state index in [2.05, 4.69) is 28.7 Å². The minimum atomic E-state index is -0.546. The van der Waals surface area contributed by atoms with Crippen molar-refractivity contribution in [3.8, 4) is 17.6 Å². The number of hydrogen-bond donors (Lipinski definition) is 1. The molecule has 0 spiro atoms. The fourth-order valence-corrected chi connectivity index (χ4v) is 4.25. The van der Waals surface area contributed by atoms with Gasteiger partial charge in [0.05, 0.1) is 23.2 Å². The van der Waals surface area contributed by atoms with Crippen molar-refractivity contribution in [1.29, 1.82) is 5.26 Å². The molecule has 2 N–H and O–H groups in total. The van der Waals surface area contributed by atoms with Crippen LogP contribution in [0, 0.1) is 14.9 Å². The summed E-state index contributed by atoms with van der Waals surface area (Å²) in [4.78, 5) is 12.6. The predicted octanol–water partition coefficient (Wildman–Crippen LogP) is 3.51. The second kappa shape index (κ2) is 7.58. The molecule has 1 atom stereocenters. The van der Waals surface area contributed by atoms with Gasteiger partial charge in [-0.05, 0) is 53.6 Å². The van der Waals surface area contributed by atoms with Crippen molar-refractivity contribution in [3.05, 3.63) is 44.1 Å². The number of rotatable bonds is 4. The van der Waals surface area contributed by atoms with Gasteiger partial charge in [0.25, 0.3) is 0 Å². The van der Waals surface area contributed by atoms with Crippen molar-refractivity contribution in [1.82, 2.24) is 0 Å². The van der Waals surface area contributed by atoms with Gasteiger partial charge in [-0.25, -0.2) is 0 Å². The molecule has 136 valence electrons. The summed E-state index contributed by atoms with van der Waals surface area (Å²) in [5, 5.41) is 9.65. The summed E-state index contributed by atoms with van der Waals surface area (Å²) in [6.07, 6.45) is 1.81. The number of ketones is 1. The van der Waals surface area contributed by atoms with Crippen LogP contribution in [0.4, 0.5) is 0 Å². The number of carbonyl (C=O) groups is 1. The molecule has 1 aliphatic heterocycles. The zero-order chi connectivity index (χ0) is 18.8. The smallest absolute Gasteiger partial charge is 0.205 e. The first-order valence-electron chi connectivity index (χ1n) is 8.35. The summed E-state index contributed by atoms with van der Waals surface area (Å²) in [5.74, 6) is 1.30. The van der Waals surface area contributed by atoms with Gasteiger partial charge in [0.2, 0.25) is 5.88 Å². The van der Waals surface area contributed by atoms with E-state index in [0.717, 1.165) is 15.6 Å². The van der Waals surface area contributed by atoms with Crippen LogP contribution in [0.5, 0.6) is 11.5 Å². The summed E-state index contributed by atoms with van der Waals surface area (Å²) in [6.45, 7) is 2.36. The van der Waals surface area contributed by atoms with Crippen molar-refractivity contribution >= 4 is 28.4 Å². The fourth-order valence-electron chi connectivity index (χ4n) is 3.41. The summed E-state index contributed by atoms with van der Waals surface area (Å²) in [7, 11) is 1.58. The van der Waals surface area contributed by atoms with Crippen LogP contribution >= 0.6 is 22.6 Å². The molecular weight excluding hydrogens is 447 g/mol. The van der Waals surface area contributed by atoms with Crippen LogP contribution in [-0.2, 0) is 9.53 Å². The average Bonchev–Trinajstić information content (AvgIpc) is 2.61. The Hall–Kier alpha value is -2.21. The Morgan fingerprint density at radius 1 is 1.42 bits per heavy atom. The topological polar surface area (TPSA) is 94.6 Å². The van der Waals surface area contributed by atoms with E-state index >= 15 is 0 Å². The summed E-state index contributed by atoms with van der Waals surface area (Å²) < 4.78 is 17.6. The van der Waals surface area contributed by atoms with Gasteiger partial charge >= 0.3 is 0 Å². The number of nitrogens with two attached hydrogens (primary N) is 1. The van der Waals surface area contributed by atoms with Gasteiger partial charge in [-0.3, -0.25) is 4.79 Å². The molecule has 2 aliphatic rings. The van der Waals surface area contributed by atoms with Gasteiger partial charge in [0.1, 0.15) is 17.4 Å². The minimum absolute atomic E-state index is 0.000265. The Morgan fingerprint density at radius 2 is 2.19 bits per heavy atom. The quantitative estimate of drug-likeness (QED) is 0.683. The monoisotopic (exact) mass is 466 g/mol. The maximum absolute atomic E-state index is 12.6. The molecule has 1 aromatic rings. The molecule has 0 aromatic heterocycles. The number of halogens is 1. The van der Waals surface area contributed by atoms with E-state index < -0.39 is 5.92 Å². The summed E-state index contributed by atoms with van der Waals surface area (Å²) >= 11 is 2.16. The van der Waals surface area contributed by atoms with Crippen LogP contribution in [0.1, 0.15) is 37.7 Å². The number of allylic oxidation sites excluding steroid dienone is 3. The lowest BCUT2D eigenvalue weighted by Gasteiger charge is -2.31. The number of nitriles is 1. The van der Waals surface area contributed by atoms with Crippen molar-refractivity contribution in [2.24, 2.45) is 5.73 Å². The number of ether oxygens (including phenoxy) is 3. The number of hydrogen-bond acceptors (Lipinski definition) is 6. The SMILES string of the molecule is CCOc1cc([C@@H]2C(C#N)=C(N)OC3=C2C(=O)CCC3)cc(I)c1OC. The van der Waals surface area contributed by atoms with Crippen LogP contribution < -0.4 is 15.2 Å². The highest BCUT2D eigenvalue weighted by atomic mass is 127. The molecule has 0 bridgehead atoms. The molecule has 0 amide bonds. The second-order valence-corrected chi connectivity index (χ2v) is 7.17. The third kappa shape index (κ3) is 3.14. The average molecular weight is 466 g/mol. The highest BCUT2D eigenvalue weighted by molar-refractivity contribution is 14.1. The Morgan fingerprint density at radius 3 is 2.85 bits per heavy atom. The third-order valence-corrected chi connectivity index (χ3v) is 5.28. The molecule has 0 saturated carbocycles. The zero-order valence-electron chi connectivity index (χ0n) is 14.6. The van der Waals surface area contributed by atoms with Crippen molar-refractivity contribution in [2.75, 3.05) is 13.7 Å². The molecule has 26 heavy (non-hydrogen) atoms. The largest absolute Gasteiger partial charge is 0.492 e. The molecular formula is C19H19IN2O4. The van der Waals surface area contributed by atoms with E-state index in [1.54, 1.807) is 7.11 Å². The van der Waals surface area contributed by atoms with Gasteiger partial charge in [0, 0.05) is 18.4 Å². The molecule has 0 radical (unpaired) electrons. The molecule has 1 aromatic carbocycles. The lowest BCUT2D eigenvalue weighted by atomic mass is 9.77. The van der Waals surface area contributed by atoms with Crippen molar-refractivity contribution in [3.63, 3.8) is 0 Å². The number of methoxy groups -OCH3 is 1. The number of benzene rings is 1. The van der Waals surface area contributed by atoms with E-state index in [4.69, 9.17) is 19.9 Å². The maximum Gasteiger partial charge on any atom is 0.205 e. The standard InChI is InChI=1S/C19H19IN2O4/c1-3-25-15-8-10(7-12(20)18(15)24-2)16-11(9-21)19(22)26-14-6-4-5-13(23)17(14)16/h7-8,16H,3-6,22H2,1-2H3/t16-/m1/s1. The summed E-state index contributed by atoms with van der Waals surface area (Å²) in [5.41, 5.74) is 7.54. The van der Waals surface area contributed by atoms with E-state index in [1.807, 2.05) is 19.1 Å². The summed E-state index contributed by atoms with van der Waals surface area (Å²) in [6, 6.07) is 5.84. The lowest BCUT2D eigenvalue weighted by Crippen LogP contribution is -2.27. The fraction of sp³-hybridized carbons (Fsp3) is 0.368. The molecule has 6 nitrogen and oxygen atoms in total. The first-order valence-corrected chi connectivity index (χ1v) is 9.43. The van der Waals surface area contributed by atoms with Crippen LogP contribution in [0.3, 0.4) is 0 Å². The van der Waals surface area contributed by atoms with E-state index in [1.165, 1.54) is 0 Å². The predicted molar refractivity (Wildman–Crippen MR) is 103 cm³/mol. The van der Waals surface area contributed by atoms with Gasteiger partial charge in [-0.1, -0.05) is 0 Å². The van der Waals surface area contributed by atoms with Crippen LogP contribution in [0.25, 0.3) is 0 Å². The Labute approximate surface area is 165 Å². The number of carbonyl (C=O) groups excluding carboxylic acids is 1. The normalized spacial score (nSPS) is 19.6. The minimum Gasteiger partial charge on any atom is -0.492 e. The molecule has 0 unspecified atom stereocenters. The number of Topliss-reactive ketones (excluding diaryl/α,β-unsaturated/α-hetero) is 1. The number of nitrogens with zero attached hydrogens (tertiary/aromatic N) is 1.